The lowest BCUT2D eigenvalue weighted by molar-refractivity contribution is -0.366. The Bertz CT molecular complexity index is 903. The molecule has 0 unspecified atom stereocenters. The number of hydrogen-bond donors (Lipinski definition) is 1. The first-order valence-electron chi connectivity index (χ1n) is 9.29. The van der Waals surface area contributed by atoms with E-state index in [1.165, 1.54) is 10.5 Å². The summed E-state index contributed by atoms with van der Waals surface area (Å²) >= 11 is 0. The van der Waals surface area contributed by atoms with Crippen molar-refractivity contribution in [2.75, 3.05) is 36.9 Å². The third-order valence-corrected chi connectivity index (χ3v) is 6.69. The van der Waals surface area contributed by atoms with E-state index in [-0.39, 0.29) is 17.3 Å². The average Bonchev–Trinajstić information content (AvgIpc) is 2.65. The van der Waals surface area contributed by atoms with Crippen molar-refractivity contribution in [2.45, 2.75) is 32.6 Å². The fourth-order valence-corrected chi connectivity index (χ4v) is 4.43. The molecule has 152 valence electrons. The van der Waals surface area contributed by atoms with Crippen molar-refractivity contribution in [1.82, 2.24) is 4.31 Å². The summed E-state index contributed by atoms with van der Waals surface area (Å²) < 4.78 is 26.5. The number of sulfonamides is 1. The van der Waals surface area contributed by atoms with Gasteiger partial charge in [0, 0.05) is 24.8 Å². The van der Waals surface area contributed by atoms with Crippen LogP contribution in [0.3, 0.4) is 0 Å². The number of anilines is 2. The van der Waals surface area contributed by atoms with Crippen molar-refractivity contribution in [3.05, 3.63) is 47.7 Å². The molecule has 0 radical (unpaired) electrons. The summed E-state index contributed by atoms with van der Waals surface area (Å²) in [6.07, 6.45) is 1.46. The molecule has 2 N–H and O–H groups in total. The van der Waals surface area contributed by atoms with Gasteiger partial charge in [0.2, 0.25) is 10.0 Å². The lowest BCUT2D eigenvalue weighted by Crippen LogP contribution is -2.35. The number of H-pyrrole nitrogens is 1. The van der Waals surface area contributed by atoms with Gasteiger partial charge in [-0.25, -0.2) is 13.4 Å². The number of nitrogens with one attached hydrogen (secondary N) is 2. The van der Waals surface area contributed by atoms with Gasteiger partial charge in [-0.15, -0.1) is 0 Å². The zero-order chi connectivity index (χ0) is 20.9. The molecule has 7 nitrogen and oxygen atoms in total. The number of benzene rings is 1. The zero-order valence-electron chi connectivity index (χ0n) is 17.1. The maximum absolute atomic E-state index is 12.5. The minimum absolute atomic E-state index is 0.131. The molecule has 0 saturated heterocycles. The van der Waals surface area contributed by atoms with E-state index in [1.807, 2.05) is 45.9 Å². The highest BCUT2D eigenvalue weighted by atomic mass is 32.2. The minimum atomic E-state index is -3.51. The normalized spacial score (nSPS) is 11.5. The second-order valence-electron chi connectivity index (χ2n) is 6.67. The van der Waals surface area contributed by atoms with Crippen LogP contribution in [0.2, 0.25) is 0 Å². The molecule has 1 heterocycles. The van der Waals surface area contributed by atoms with Gasteiger partial charge in [-0.3, -0.25) is 9.69 Å². The SMILES string of the molecule is CCN(CC)S(=O)(=O)c1ccc(N(C)CC(=O)Nc2c(C)cccc2C)[nH+]c1. The van der Waals surface area contributed by atoms with Gasteiger partial charge in [-0.05, 0) is 31.0 Å². The molecule has 0 aliphatic heterocycles. The van der Waals surface area contributed by atoms with Gasteiger partial charge in [0.25, 0.3) is 11.7 Å². The number of para-hydroxylation sites is 1. The van der Waals surface area contributed by atoms with E-state index in [9.17, 15) is 13.2 Å². The maximum Gasteiger partial charge on any atom is 0.274 e. The highest BCUT2D eigenvalue weighted by molar-refractivity contribution is 7.89. The number of hydrogen-bond acceptors (Lipinski definition) is 4. The monoisotopic (exact) mass is 405 g/mol. The lowest BCUT2D eigenvalue weighted by Gasteiger charge is -2.18. The molecular weight excluding hydrogens is 376 g/mol. The number of nitrogens with zero attached hydrogens (tertiary/aromatic N) is 2. The molecule has 8 heteroatoms. The quantitative estimate of drug-likeness (QED) is 0.730. The molecule has 2 aromatic rings. The third-order valence-electron chi connectivity index (χ3n) is 4.65. The molecule has 0 aliphatic carbocycles. The summed E-state index contributed by atoms with van der Waals surface area (Å²) in [7, 11) is -1.74. The average molecular weight is 406 g/mol. The Morgan fingerprint density at radius 1 is 1.07 bits per heavy atom. The van der Waals surface area contributed by atoms with Crippen LogP contribution in [0, 0.1) is 13.8 Å². The van der Waals surface area contributed by atoms with Crippen molar-refractivity contribution in [3.8, 4) is 0 Å². The van der Waals surface area contributed by atoms with Crippen LogP contribution in [-0.4, -0.2) is 45.3 Å². The topological polar surface area (TPSA) is 83.9 Å². The molecule has 0 fully saturated rings. The number of aromatic amines is 1. The zero-order valence-corrected chi connectivity index (χ0v) is 17.9. The smallest absolute Gasteiger partial charge is 0.274 e. The van der Waals surface area contributed by atoms with Gasteiger partial charge < -0.3 is 5.32 Å². The third kappa shape index (κ3) is 4.88. The van der Waals surface area contributed by atoms with E-state index in [4.69, 9.17) is 0 Å². The van der Waals surface area contributed by atoms with Crippen LogP contribution < -0.4 is 15.2 Å². The Balaban J connectivity index is 2.09. The molecular formula is C20H29N4O3S+. The Morgan fingerprint density at radius 2 is 1.68 bits per heavy atom. The molecule has 0 bridgehead atoms. The molecule has 0 atom stereocenters. The van der Waals surface area contributed by atoms with Crippen molar-refractivity contribution >= 4 is 27.4 Å². The first-order chi connectivity index (χ1) is 13.2. The number of amides is 1. The summed E-state index contributed by atoms with van der Waals surface area (Å²) in [5.74, 6) is 0.503. The number of rotatable bonds is 8. The fourth-order valence-electron chi connectivity index (χ4n) is 3.00. The predicted octanol–water partition coefficient (Wildman–Crippen LogP) is 2.22. The van der Waals surface area contributed by atoms with Crippen LogP contribution in [0.4, 0.5) is 11.5 Å². The van der Waals surface area contributed by atoms with Crippen LogP contribution in [0.25, 0.3) is 0 Å². The van der Waals surface area contributed by atoms with Gasteiger partial charge in [-0.2, -0.15) is 4.31 Å². The molecule has 0 aliphatic rings. The fraction of sp³-hybridized carbons (Fsp3) is 0.400. The Hall–Kier alpha value is -2.45. The highest BCUT2D eigenvalue weighted by Crippen LogP contribution is 2.19. The van der Waals surface area contributed by atoms with Gasteiger partial charge in [0.1, 0.15) is 11.1 Å². The van der Waals surface area contributed by atoms with Crippen molar-refractivity contribution < 1.29 is 18.2 Å². The van der Waals surface area contributed by atoms with Gasteiger partial charge >= 0.3 is 0 Å². The minimum Gasteiger partial charge on any atom is -0.322 e. The van der Waals surface area contributed by atoms with E-state index >= 15 is 0 Å². The van der Waals surface area contributed by atoms with Gasteiger partial charge in [0.05, 0.1) is 7.05 Å². The van der Waals surface area contributed by atoms with Crippen LogP contribution >= 0.6 is 0 Å². The lowest BCUT2D eigenvalue weighted by atomic mass is 10.1. The Kier molecular flexibility index (Phi) is 7.15. The predicted molar refractivity (Wildman–Crippen MR) is 111 cm³/mol. The molecule has 0 spiro atoms. The van der Waals surface area contributed by atoms with Gasteiger partial charge in [0.15, 0.2) is 6.54 Å². The summed E-state index contributed by atoms with van der Waals surface area (Å²) in [6, 6.07) is 9.08. The Labute approximate surface area is 167 Å². The molecule has 0 saturated carbocycles. The second-order valence-corrected chi connectivity index (χ2v) is 8.61. The van der Waals surface area contributed by atoms with Crippen LogP contribution in [0.15, 0.2) is 41.4 Å². The number of likely N-dealkylation sites (N-methyl/N-ethyl adjacent to an activating group) is 1. The number of aromatic nitrogens is 1. The second kappa shape index (κ2) is 9.16. The van der Waals surface area contributed by atoms with Crippen molar-refractivity contribution in [2.24, 2.45) is 0 Å². The summed E-state index contributed by atoms with van der Waals surface area (Å²) in [6.45, 7) is 8.48. The first kappa shape index (κ1) is 21.8. The molecule has 2 rings (SSSR count). The highest BCUT2D eigenvalue weighted by Gasteiger charge is 2.24. The summed E-state index contributed by atoms with van der Waals surface area (Å²) in [4.78, 5) is 17.3. The molecule has 1 aromatic heterocycles. The standard InChI is InChI=1S/C20H28N4O3S/c1-6-24(7-2)28(26,27)17-11-12-18(21-13-17)23(5)14-19(25)22-20-15(3)9-8-10-16(20)4/h8-13H,6-7,14H2,1-5H3,(H,22,25)/p+1. The number of carbonyl (C=O) groups is 1. The number of aryl methyl sites for hydroxylation is 2. The molecule has 28 heavy (non-hydrogen) atoms. The molecule has 1 amide bonds. The summed E-state index contributed by atoms with van der Waals surface area (Å²) in [5.41, 5.74) is 2.84. The maximum atomic E-state index is 12.5. The van der Waals surface area contributed by atoms with E-state index in [0.29, 0.717) is 18.9 Å². The molecule has 1 aromatic carbocycles. The van der Waals surface area contributed by atoms with E-state index < -0.39 is 10.0 Å². The van der Waals surface area contributed by atoms with Crippen LogP contribution in [0.1, 0.15) is 25.0 Å². The van der Waals surface area contributed by atoms with Crippen LogP contribution in [-0.2, 0) is 14.8 Å². The summed E-state index contributed by atoms with van der Waals surface area (Å²) in [5, 5.41) is 2.95. The van der Waals surface area contributed by atoms with Crippen LogP contribution in [0.5, 0.6) is 0 Å². The van der Waals surface area contributed by atoms with E-state index in [1.54, 1.807) is 24.1 Å². The van der Waals surface area contributed by atoms with E-state index in [0.717, 1.165) is 16.8 Å². The largest absolute Gasteiger partial charge is 0.322 e. The van der Waals surface area contributed by atoms with Crippen molar-refractivity contribution in [1.29, 1.82) is 0 Å². The first-order valence-corrected chi connectivity index (χ1v) is 10.7. The number of carbonyl (C=O) groups excluding carboxylic acids is 1. The number of pyridine rings is 1. The van der Waals surface area contributed by atoms with Gasteiger partial charge in [-0.1, -0.05) is 32.0 Å². The van der Waals surface area contributed by atoms with Crippen molar-refractivity contribution in [3.63, 3.8) is 0 Å². The van der Waals surface area contributed by atoms with E-state index in [2.05, 4.69) is 10.3 Å². The Morgan fingerprint density at radius 3 is 2.18 bits per heavy atom.